The van der Waals surface area contributed by atoms with Crippen LogP contribution in [0, 0.1) is 11.8 Å². The van der Waals surface area contributed by atoms with Crippen molar-refractivity contribution in [3.05, 3.63) is 29.8 Å². The summed E-state index contributed by atoms with van der Waals surface area (Å²) < 4.78 is 0. The van der Waals surface area contributed by atoms with Crippen molar-refractivity contribution in [2.45, 2.75) is 20.3 Å². The molecule has 0 saturated carbocycles. The van der Waals surface area contributed by atoms with E-state index in [4.69, 9.17) is 18.0 Å². The molecule has 2 rings (SSSR count). The third kappa shape index (κ3) is 4.51. The van der Waals surface area contributed by atoms with Gasteiger partial charge in [-0.3, -0.25) is 4.79 Å². The number of anilines is 1. The number of hydrogen-bond donors (Lipinski definition) is 2. The van der Waals surface area contributed by atoms with Crippen LogP contribution in [0.4, 0.5) is 5.69 Å². The average molecular weight is 305 g/mol. The molecule has 0 aromatic heterocycles. The van der Waals surface area contributed by atoms with E-state index in [2.05, 4.69) is 24.1 Å². The first-order chi connectivity index (χ1) is 9.95. The summed E-state index contributed by atoms with van der Waals surface area (Å²) in [6, 6.07) is 7.33. The molecule has 1 aliphatic heterocycles. The molecular formula is C16H23N3OS. The summed E-state index contributed by atoms with van der Waals surface area (Å²) in [5.41, 5.74) is 7.11. The molecule has 1 amide bonds. The van der Waals surface area contributed by atoms with Gasteiger partial charge in [0.25, 0.3) is 0 Å². The molecule has 0 radical (unpaired) electrons. The predicted octanol–water partition coefficient (Wildman–Crippen LogP) is 2.24. The van der Waals surface area contributed by atoms with Crippen molar-refractivity contribution in [2.24, 2.45) is 17.6 Å². The monoisotopic (exact) mass is 305 g/mol. The molecule has 2 unspecified atom stereocenters. The standard InChI is InChI=1S/C16H23N3OS/c1-11-9-19(10-12(11)2)7-6-15(20)18-14-5-3-4-13(8-14)16(17)21/h3-5,8,11-12H,6-7,9-10H2,1-2H3,(H2,17,21)(H,18,20). The fourth-order valence-electron chi connectivity index (χ4n) is 2.66. The second-order valence-corrected chi connectivity index (χ2v) is 6.40. The van der Waals surface area contributed by atoms with Crippen LogP contribution in [0.25, 0.3) is 0 Å². The molecule has 0 aliphatic carbocycles. The Balaban J connectivity index is 1.82. The Morgan fingerprint density at radius 2 is 2.05 bits per heavy atom. The van der Waals surface area contributed by atoms with Crippen molar-refractivity contribution in [3.8, 4) is 0 Å². The van der Waals surface area contributed by atoms with E-state index in [1.165, 1.54) is 0 Å². The largest absolute Gasteiger partial charge is 0.389 e. The SMILES string of the molecule is CC1CN(CCC(=O)Nc2cccc(C(N)=S)c2)CC1C. The summed E-state index contributed by atoms with van der Waals surface area (Å²) >= 11 is 4.94. The average Bonchev–Trinajstić information content (AvgIpc) is 2.76. The highest BCUT2D eigenvalue weighted by Crippen LogP contribution is 2.22. The molecule has 1 heterocycles. The van der Waals surface area contributed by atoms with Crippen LogP contribution in [0.1, 0.15) is 25.8 Å². The van der Waals surface area contributed by atoms with Crippen molar-refractivity contribution in [1.29, 1.82) is 0 Å². The number of amides is 1. The lowest BCUT2D eigenvalue weighted by Gasteiger charge is -2.15. The molecule has 5 heteroatoms. The van der Waals surface area contributed by atoms with Gasteiger partial charge in [-0.05, 0) is 24.0 Å². The first-order valence-corrected chi connectivity index (χ1v) is 7.78. The summed E-state index contributed by atoms with van der Waals surface area (Å²) in [4.78, 5) is 14.7. The Bertz CT molecular complexity index is 522. The molecule has 0 spiro atoms. The Morgan fingerprint density at radius 3 is 2.67 bits per heavy atom. The molecule has 21 heavy (non-hydrogen) atoms. The maximum absolute atomic E-state index is 12.0. The molecule has 2 atom stereocenters. The third-order valence-electron chi connectivity index (χ3n) is 4.15. The maximum atomic E-state index is 12.0. The molecule has 4 nitrogen and oxygen atoms in total. The number of likely N-dealkylation sites (tertiary alicyclic amines) is 1. The lowest BCUT2D eigenvalue weighted by molar-refractivity contribution is -0.116. The van der Waals surface area contributed by atoms with Crippen molar-refractivity contribution < 1.29 is 4.79 Å². The molecule has 114 valence electrons. The minimum Gasteiger partial charge on any atom is -0.389 e. The van der Waals surface area contributed by atoms with Gasteiger partial charge >= 0.3 is 0 Å². The Kier molecular flexibility index (Phi) is 5.31. The molecular weight excluding hydrogens is 282 g/mol. The fraction of sp³-hybridized carbons (Fsp3) is 0.500. The number of nitrogens with one attached hydrogen (secondary N) is 1. The number of carbonyl (C=O) groups excluding carboxylic acids is 1. The van der Waals surface area contributed by atoms with E-state index in [0.717, 1.165) is 42.7 Å². The number of carbonyl (C=O) groups is 1. The summed E-state index contributed by atoms with van der Waals surface area (Å²) in [5, 5.41) is 2.90. The second-order valence-electron chi connectivity index (χ2n) is 5.96. The van der Waals surface area contributed by atoms with Crippen molar-refractivity contribution in [2.75, 3.05) is 25.0 Å². The molecule has 1 fully saturated rings. The zero-order valence-corrected chi connectivity index (χ0v) is 13.5. The normalized spacial score (nSPS) is 22.2. The van der Waals surface area contributed by atoms with Crippen LogP contribution in [0.5, 0.6) is 0 Å². The Morgan fingerprint density at radius 1 is 1.38 bits per heavy atom. The van der Waals surface area contributed by atoms with Gasteiger partial charge in [-0.2, -0.15) is 0 Å². The topological polar surface area (TPSA) is 58.4 Å². The van der Waals surface area contributed by atoms with Crippen LogP contribution in [-0.4, -0.2) is 35.4 Å². The highest BCUT2D eigenvalue weighted by molar-refractivity contribution is 7.80. The first-order valence-electron chi connectivity index (χ1n) is 7.38. The van der Waals surface area contributed by atoms with E-state index in [0.29, 0.717) is 11.4 Å². The van der Waals surface area contributed by atoms with Gasteiger partial charge in [0.05, 0.1) is 0 Å². The molecule has 1 aromatic carbocycles. The van der Waals surface area contributed by atoms with E-state index in [-0.39, 0.29) is 5.91 Å². The lowest BCUT2D eigenvalue weighted by atomic mass is 10.0. The highest BCUT2D eigenvalue weighted by atomic mass is 32.1. The smallest absolute Gasteiger partial charge is 0.225 e. The molecule has 1 aromatic rings. The quantitative estimate of drug-likeness (QED) is 0.819. The van der Waals surface area contributed by atoms with Gasteiger partial charge in [0, 0.05) is 37.3 Å². The summed E-state index contributed by atoms with van der Waals surface area (Å²) in [5.74, 6) is 1.47. The van der Waals surface area contributed by atoms with Gasteiger partial charge in [0.2, 0.25) is 5.91 Å². The van der Waals surface area contributed by atoms with E-state index in [9.17, 15) is 4.79 Å². The Hall–Kier alpha value is -1.46. The second kappa shape index (κ2) is 7.00. The first kappa shape index (κ1) is 15.9. The number of rotatable bonds is 5. The zero-order valence-electron chi connectivity index (χ0n) is 12.6. The van der Waals surface area contributed by atoms with Crippen LogP contribution in [0.3, 0.4) is 0 Å². The van der Waals surface area contributed by atoms with Crippen LogP contribution in [0.2, 0.25) is 0 Å². The number of benzene rings is 1. The van der Waals surface area contributed by atoms with Gasteiger partial charge in [0.1, 0.15) is 4.99 Å². The van der Waals surface area contributed by atoms with Crippen LogP contribution < -0.4 is 11.1 Å². The minimum absolute atomic E-state index is 0.0299. The van der Waals surface area contributed by atoms with Crippen LogP contribution in [-0.2, 0) is 4.79 Å². The predicted molar refractivity (Wildman–Crippen MR) is 90.3 cm³/mol. The van der Waals surface area contributed by atoms with E-state index < -0.39 is 0 Å². The number of thiocarbonyl (C=S) groups is 1. The zero-order chi connectivity index (χ0) is 15.4. The van der Waals surface area contributed by atoms with Gasteiger partial charge < -0.3 is 16.0 Å². The number of hydrogen-bond acceptors (Lipinski definition) is 3. The summed E-state index contributed by atoms with van der Waals surface area (Å²) in [6.07, 6.45) is 0.511. The van der Waals surface area contributed by atoms with Gasteiger partial charge in [-0.15, -0.1) is 0 Å². The van der Waals surface area contributed by atoms with Gasteiger partial charge in [-0.25, -0.2) is 0 Å². The Labute approximate surface area is 131 Å². The summed E-state index contributed by atoms with van der Waals surface area (Å²) in [6.45, 7) is 7.53. The molecule has 1 saturated heterocycles. The minimum atomic E-state index is 0.0299. The van der Waals surface area contributed by atoms with Gasteiger partial charge in [-0.1, -0.05) is 38.2 Å². The van der Waals surface area contributed by atoms with Crippen LogP contribution >= 0.6 is 12.2 Å². The van der Waals surface area contributed by atoms with Gasteiger partial charge in [0.15, 0.2) is 0 Å². The summed E-state index contributed by atoms with van der Waals surface area (Å²) in [7, 11) is 0. The molecule has 3 N–H and O–H groups in total. The highest BCUT2D eigenvalue weighted by Gasteiger charge is 2.25. The van der Waals surface area contributed by atoms with Crippen molar-refractivity contribution in [3.63, 3.8) is 0 Å². The molecule has 1 aliphatic rings. The van der Waals surface area contributed by atoms with E-state index in [1.807, 2.05) is 18.2 Å². The van der Waals surface area contributed by atoms with Crippen molar-refractivity contribution >= 4 is 28.8 Å². The van der Waals surface area contributed by atoms with Crippen molar-refractivity contribution in [1.82, 2.24) is 4.90 Å². The maximum Gasteiger partial charge on any atom is 0.225 e. The van der Waals surface area contributed by atoms with E-state index >= 15 is 0 Å². The number of nitrogens with zero attached hydrogens (tertiary/aromatic N) is 1. The molecule has 0 bridgehead atoms. The number of nitrogens with two attached hydrogens (primary N) is 1. The third-order valence-corrected chi connectivity index (χ3v) is 4.39. The van der Waals surface area contributed by atoms with E-state index in [1.54, 1.807) is 6.07 Å². The fourth-order valence-corrected chi connectivity index (χ4v) is 2.79. The lowest BCUT2D eigenvalue weighted by Crippen LogP contribution is -2.26. The van der Waals surface area contributed by atoms with Crippen LogP contribution in [0.15, 0.2) is 24.3 Å².